The van der Waals surface area contributed by atoms with Crippen molar-refractivity contribution >= 4 is 22.4 Å². The summed E-state index contributed by atoms with van der Waals surface area (Å²) < 4.78 is 1.27. The number of thiazole rings is 1. The van der Waals surface area contributed by atoms with Crippen LogP contribution in [0.3, 0.4) is 0 Å². The Morgan fingerprint density at radius 2 is 2.22 bits per heavy atom. The number of hydrogen-bond donors (Lipinski definition) is 1. The first-order valence-electron chi connectivity index (χ1n) is 5.38. The minimum atomic E-state index is -0.376. The molecule has 0 atom stereocenters. The fourth-order valence-electron chi connectivity index (χ4n) is 1.36. The molecule has 0 spiro atoms. The van der Waals surface area contributed by atoms with Crippen LogP contribution in [0.25, 0.3) is 0 Å². The van der Waals surface area contributed by atoms with Crippen molar-refractivity contribution in [1.82, 2.24) is 14.8 Å². The molecule has 0 radical (unpaired) electrons. The van der Waals surface area contributed by atoms with Gasteiger partial charge in [0.15, 0.2) is 5.13 Å². The zero-order valence-electron chi connectivity index (χ0n) is 9.95. The highest BCUT2D eigenvalue weighted by molar-refractivity contribution is 7.13. The maximum Gasteiger partial charge on any atom is 0.277 e. The van der Waals surface area contributed by atoms with Gasteiger partial charge in [-0.2, -0.15) is 5.10 Å². The van der Waals surface area contributed by atoms with Crippen LogP contribution in [0.1, 0.15) is 30.4 Å². The Morgan fingerprint density at radius 3 is 2.83 bits per heavy atom. The molecule has 0 saturated heterocycles. The molecule has 2 aromatic heterocycles. The summed E-state index contributed by atoms with van der Waals surface area (Å²) in [5.74, 6) is -0.376. The van der Waals surface area contributed by atoms with E-state index in [2.05, 4.69) is 15.4 Å². The summed E-state index contributed by atoms with van der Waals surface area (Å²) in [5, 5.41) is 8.90. The molecule has 2 aromatic rings. The van der Waals surface area contributed by atoms with Crippen LogP contribution in [0.15, 0.2) is 28.5 Å². The van der Waals surface area contributed by atoms with E-state index in [0.29, 0.717) is 5.13 Å². The monoisotopic (exact) mass is 264 g/mol. The van der Waals surface area contributed by atoms with Gasteiger partial charge in [0.05, 0.1) is 6.04 Å². The molecule has 2 heterocycles. The van der Waals surface area contributed by atoms with Gasteiger partial charge in [0.1, 0.15) is 5.69 Å². The number of rotatable bonds is 3. The molecule has 2 rings (SSSR count). The largest absolute Gasteiger partial charge is 0.296 e. The molecule has 94 valence electrons. The standard InChI is InChI=1S/C11H12N4O2S/c1-7(2)15-9(16)4-3-8(14-15)10(17)13-11-12-5-6-18-11/h3-7H,1-2H3,(H,12,13,17). The molecule has 0 aliphatic rings. The summed E-state index contributed by atoms with van der Waals surface area (Å²) >= 11 is 1.32. The minimum Gasteiger partial charge on any atom is -0.296 e. The van der Waals surface area contributed by atoms with Crippen LogP contribution >= 0.6 is 11.3 Å². The van der Waals surface area contributed by atoms with Crippen LogP contribution in [0.5, 0.6) is 0 Å². The van der Waals surface area contributed by atoms with E-state index in [1.807, 2.05) is 13.8 Å². The minimum absolute atomic E-state index is 0.0925. The highest BCUT2D eigenvalue weighted by atomic mass is 32.1. The Morgan fingerprint density at radius 1 is 1.44 bits per heavy atom. The molecular weight excluding hydrogens is 252 g/mol. The van der Waals surface area contributed by atoms with E-state index in [1.165, 1.54) is 28.2 Å². The van der Waals surface area contributed by atoms with Crippen LogP contribution in [0, 0.1) is 0 Å². The molecule has 18 heavy (non-hydrogen) atoms. The number of aromatic nitrogens is 3. The van der Waals surface area contributed by atoms with E-state index in [1.54, 1.807) is 11.6 Å². The maximum atomic E-state index is 11.9. The van der Waals surface area contributed by atoms with E-state index in [0.717, 1.165) is 0 Å². The molecule has 7 heteroatoms. The van der Waals surface area contributed by atoms with Gasteiger partial charge in [-0.1, -0.05) is 0 Å². The Balaban J connectivity index is 2.26. The lowest BCUT2D eigenvalue weighted by molar-refractivity contribution is 0.101. The van der Waals surface area contributed by atoms with Gasteiger partial charge in [0.2, 0.25) is 0 Å². The number of carbonyl (C=O) groups excluding carboxylic acids is 1. The first kappa shape index (κ1) is 12.4. The van der Waals surface area contributed by atoms with E-state index >= 15 is 0 Å². The summed E-state index contributed by atoms with van der Waals surface area (Å²) in [6.45, 7) is 3.66. The van der Waals surface area contributed by atoms with Crippen molar-refractivity contribution < 1.29 is 4.79 Å². The van der Waals surface area contributed by atoms with Crippen molar-refractivity contribution in [3.05, 3.63) is 39.8 Å². The van der Waals surface area contributed by atoms with Crippen LogP contribution in [-0.4, -0.2) is 20.7 Å². The van der Waals surface area contributed by atoms with Crippen molar-refractivity contribution in [2.75, 3.05) is 5.32 Å². The predicted octanol–water partition coefficient (Wildman–Crippen LogP) is 1.53. The second-order valence-corrected chi connectivity index (χ2v) is 4.78. The highest BCUT2D eigenvalue weighted by Crippen LogP contribution is 2.11. The maximum absolute atomic E-state index is 11.9. The number of hydrogen-bond acceptors (Lipinski definition) is 5. The fourth-order valence-corrected chi connectivity index (χ4v) is 1.89. The summed E-state index contributed by atoms with van der Waals surface area (Å²) in [5.41, 5.74) is -0.0331. The number of carbonyl (C=O) groups is 1. The van der Waals surface area contributed by atoms with Crippen molar-refractivity contribution in [2.45, 2.75) is 19.9 Å². The first-order chi connectivity index (χ1) is 8.58. The van der Waals surface area contributed by atoms with Crippen molar-refractivity contribution in [3.8, 4) is 0 Å². The molecule has 0 aliphatic heterocycles. The predicted molar refractivity (Wildman–Crippen MR) is 68.9 cm³/mol. The van der Waals surface area contributed by atoms with Crippen LogP contribution < -0.4 is 10.9 Å². The lowest BCUT2D eigenvalue weighted by Crippen LogP contribution is -2.27. The molecular formula is C11H12N4O2S. The summed E-state index contributed by atoms with van der Waals surface area (Å²) in [7, 11) is 0. The van der Waals surface area contributed by atoms with E-state index in [9.17, 15) is 9.59 Å². The molecule has 1 N–H and O–H groups in total. The Kier molecular flexibility index (Phi) is 3.52. The van der Waals surface area contributed by atoms with Crippen molar-refractivity contribution in [2.24, 2.45) is 0 Å². The van der Waals surface area contributed by atoms with Gasteiger partial charge >= 0.3 is 0 Å². The van der Waals surface area contributed by atoms with Gasteiger partial charge in [-0.3, -0.25) is 14.9 Å². The van der Waals surface area contributed by atoms with Gasteiger partial charge in [-0.25, -0.2) is 9.67 Å². The topological polar surface area (TPSA) is 76.9 Å². The van der Waals surface area contributed by atoms with E-state index in [4.69, 9.17) is 0 Å². The lowest BCUT2D eigenvalue weighted by atomic mass is 10.3. The van der Waals surface area contributed by atoms with Crippen LogP contribution in [0.4, 0.5) is 5.13 Å². The number of nitrogens with zero attached hydrogens (tertiary/aromatic N) is 3. The average Bonchev–Trinajstić information content (AvgIpc) is 2.81. The second kappa shape index (κ2) is 5.09. The summed E-state index contributed by atoms with van der Waals surface area (Å²) in [4.78, 5) is 27.3. The first-order valence-corrected chi connectivity index (χ1v) is 6.26. The molecule has 0 fully saturated rings. The molecule has 0 aliphatic carbocycles. The van der Waals surface area contributed by atoms with Gasteiger partial charge < -0.3 is 0 Å². The average molecular weight is 264 g/mol. The zero-order valence-corrected chi connectivity index (χ0v) is 10.8. The van der Waals surface area contributed by atoms with E-state index in [-0.39, 0.29) is 23.2 Å². The van der Waals surface area contributed by atoms with Gasteiger partial charge in [0, 0.05) is 17.6 Å². The number of nitrogens with one attached hydrogen (secondary N) is 1. The van der Waals surface area contributed by atoms with Crippen molar-refractivity contribution in [3.63, 3.8) is 0 Å². The molecule has 0 saturated carbocycles. The van der Waals surface area contributed by atoms with Crippen LogP contribution in [0.2, 0.25) is 0 Å². The molecule has 0 unspecified atom stereocenters. The molecule has 1 amide bonds. The SMILES string of the molecule is CC(C)n1nc(C(=O)Nc2nccs2)ccc1=O. The van der Waals surface area contributed by atoms with Crippen molar-refractivity contribution in [1.29, 1.82) is 0 Å². The number of anilines is 1. The second-order valence-electron chi connectivity index (χ2n) is 3.89. The molecule has 6 nitrogen and oxygen atoms in total. The smallest absolute Gasteiger partial charge is 0.277 e. The molecule has 0 aromatic carbocycles. The Bertz CT molecular complexity index is 604. The van der Waals surface area contributed by atoms with Gasteiger partial charge in [0.25, 0.3) is 11.5 Å². The Hall–Kier alpha value is -2.02. The quantitative estimate of drug-likeness (QED) is 0.912. The van der Waals surface area contributed by atoms with Gasteiger partial charge in [-0.05, 0) is 19.9 Å². The van der Waals surface area contributed by atoms with Crippen LogP contribution in [-0.2, 0) is 0 Å². The summed E-state index contributed by atoms with van der Waals surface area (Å²) in [6.07, 6.45) is 1.60. The molecule has 0 bridgehead atoms. The number of amides is 1. The summed E-state index contributed by atoms with van der Waals surface area (Å²) in [6, 6.07) is 2.65. The zero-order chi connectivity index (χ0) is 13.1. The van der Waals surface area contributed by atoms with Gasteiger partial charge in [-0.15, -0.1) is 11.3 Å². The third-order valence-corrected chi connectivity index (χ3v) is 2.89. The fraction of sp³-hybridized carbons (Fsp3) is 0.273. The Labute approximate surface area is 107 Å². The third-order valence-electron chi connectivity index (χ3n) is 2.20. The van der Waals surface area contributed by atoms with E-state index < -0.39 is 0 Å². The normalized spacial score (nSPS) is 10.6. The third kappa shape index (κ3) is 2.62. The highest BCUT2D eigenvalue weighted by Gasteiger charge is 2.12. The lowest BCUT2D eigenvalue weighted by Gasteiger charge is -2.09.